The molecule has 0 unspecified atom stereocenters. The fourth-order valence-corrected chi connectivity index (χ4v) is 9.25. The van der Waals surface area contributed by atoms with Crippen molar-refractivity contribution in [2.45, 2.75) is 79.0 Å². The molecule has 30 heteroatoms. The normalized spacial score (nSPS) is 21.2. The van der Waals surface area contributed by atoms with Gasteiger partial charge in [0.05, 0.1) is 26.2 Å². The minimum atomic E-state index is -5.53. The molecule has 22 nitrogen and oxygen atoms in total. The Labute approximate surface area is 410 Å². The van der Waals surface area contributed by atoms with E-state index in [0.29, 0.717) is 0 Å². The Bertz CT molecular complexity index is 2160. The van der Waals surface area contributed by atoms with Crippen LogP contribution in [-0.2, 0) is 67.8 Å². The van der Waals surface area contributed by atoms with Gasteiger partial charge >= 0.3 is 130 Å². The zero-order chi connectivity index (χ0) is 39.0. The third-order valence-corrected chi connectivity index (χ3v) is 11.7. The number of carbonyl (C=O) groups is 2. The monoisotopic (exact) mass is 902 g/mol. The first-order valence-corrected chi connectivity index (χ1v) is 19.9. The second-order valence-electron chi connectivity index (χ2n) is 12.6. The summed E-state index contributed by atoms with van der Waals surface area (Å²) in [6, 6.07) is -1.93. The summed E-state index contributed by atoms with van der Waals surface area (Å²) in [6.45, 7) is 4.82. The van der Waals surface area contributed by atoms with Crippen LogP contribution in [0.25, 0.3) is 0 Å². The van der Waals surface area contributed by atoms with Crippen molar-refractivity contribution in [2.75, 3.05) is 0 Å². The number of benzene rings is 2. The van der Waals surface area contributed by atoms with Gasteiger partial charge in [0.25, 0.3) is 41.6 Å². The van der Waals surface area contributed by atoms with E-state index in [1.807, 2.05) is 0 Å². The fourth-order valence-electron chi connectivity index (χ4n) is 7.53. The largest absolute Gasteiger partial charge is 1.00 e. The Morgan fingerprint density at radius 2 is 0.589 bits per heavy atom. The molecule has 4 amide bonds. The molecule has 0 aromatic heterocycles. The molecule has 2 fully saturated rings. The van der Waals surface area contributed by atoms with Gasteiger partial charge in [0, 0.05) is 22.3 Å². The molecule has 4 aliphatic heterocycles. The average Bonchev–Trinajstić information content (AvgIpc) is 3.12. The van der Waals surface area contributed by atoms with Gasteiger partial charge in [-0.05, 0) is 63.8 Å². The molecule has 2 aromatic rings. The van der Waals surface area contributed by atoms with Crippen LogP contribution in [0.15, 0.2) is 0 Å². The van der Waals surface area contributed by atoms with Crippen molar-refractivity contribution in [3.63, 3.8) is 0 Å². The third kappa shape index (κ3) is 8.51. The molecular weight excluding hydrogens is 877 g/mol. The molecule has 0 bridgehead atoms. The van der Waals surface area contributed by atoms with E-state index in [4.69, 9.17) is 16.7 Å². The molecule has 0 atom stereocenters. The molecule has 6 rings (SSSR count). The smallest absolute Gasteiger partial charge is 0.716 e. The molecule has 0 aliphatic carbocycles. The van der Waals surface area contributed by atoms with Crippen molar-refractivity contribution in [2.24, 2.45) is 0 Å². The molecule has 4 aliphatic rings. The molecule has 2 saturated heterocycles. The molecule has 56 heavy (non-hydrogen) atoms. The quantitative estimate of drug-likeness (QED) is 0.135. The summed E-state index contributed by atoms with van der Waals surface area (Å²) in [5.41, 5.74) is -5.71. The van der Waals surface area contributed by atoms with E-state index in [1.54, 1.807) is 0 Å². The van der Waals surface area contributed by atoms with Gasteiger partial charge in [-0.3, -0.25) is 19.6 Å². The van der Waals surface area contributed by atoms with Gasteiger partial charge in [0.1, 0.15) is 23.0 Å². The van der Waals surface area contributed by atoms with E-state index in [-0.39, 0.29) is 163 Å². The Kier molecular flexibility index (Phi) is 15.4. The summed E-state index contributed by atoms with van der Waals surface area (Å²) >= 11 is 0. The molecule has 0 N–H and O–H groups in total. The topological polar surface area (TPSA) is 313 Å². The number of hydrogen-bond donors (Lipinski definition) is 0. The number of nitrogens with zero attached hydrogens (tertiary/aromatic N) is 4. The van der Waals surface area contributed by atoms with Gasteiger partial charge in [0.15, 0.2) is 11.3 Å². The van der Waals surface area contributed by atoms with E-state index >= 15 is 0 Å². The van der Waals surface area contributed by atoms with E-state index in [0.717, 1.165) is 19.6 Å². The summed E-state index contributed by atoms with van der Waals surface area (Å²) < 4.78 is 162. The number of fused-ring (bicyclic) bond motifs is 2. The zero-order valence-electron chi connectivity index (χ0n) is 31.6. The van der Waals surface area contributed by atoms with Crippen molar-refractivity contribution in [1.82, 2.24) is 19.6 Å². The van der Waals surface area contributed by atoms with Gasteiger partial charge in [0.2, 0.25) is 0 Å². The maximum Gasteiger partial charge on any atom is 1.00 e. The first-order chi connectivity index (χ1) is 23.5. The maximum atomic E-state index is 14.6. The van der Waals surface area contributed by atoms with Crippen LogP contribution < -0.4 is 135 Å². The zero-order valence-corrected chi connectivity index (χ0v) is 42.9. The van der Waals surface area contributed by atoms with Crippen LogP contribution in [-0.4, -0.2) is 94.9 Å². The Morgan fingerprint density at radius 3 is 0.732 bits per heavy atom. The van der Waals surface area contributed by atoms with Gasteiger partial charge in [-0.2, -0.15) is 0 Å². The van der Waals surface area contributed by atoms with Crippen LogP contribution in [0.2, 0.25) is 0 Å². The Hall–Kier alpha value is -0.180. The number of amides is 4. The van der Waals surface area contributed by atoms with Crippen molar-refractivity contribution in [1.29, 1.82) is 0 Å². The standard InChI is InChI=1S/C26H30N4O18S4.4Na/c1-11-12(2)20(46-50(36,37)38)16-8-28-24(32)30-10-18-17(21(47-51(39,40)41)13(3)14(4)22(18)48-52(42,43)44)9-29-23(31)27(25(28,5)26(29,30)6)7-15(16)19(11)45-49(33,34)35;;;;/h7-10H2,1-6H3,(H,33,34,35)(H,36,37,38)(H,39,40,41)(H,42,43,44);;;;/q;4*+1/p-4. The molecule has 4 heterocycles. The summed E-state index contributed by atoms with van der Waals surface area (Å²) in [4.78, 5) is 33.4. The van der Waals surface area contributed by atoms with Crippen LogP contribution in [0.3, 0.4) is 0 Å². The SMILES string of the molecule is Cc1c(C)c(OS(=O)(=O)[O-])c2c(c1OS(=O)(=O)[O-])CN1C(=O)N3Cc4c(c(OS(=O)(=O)[O-])c(C)c(C)c4OS(=O)(=O)[O-])CN4C(=O)N(C2)C1(C)C34C.[Na+].[Na+].[Na+].[Na+]. The number of hydrogen-bond acceptors (Lipinski definition) is 18. The summed E-state index contributed by atoms with van der Waals surface area (Å²) in [7, 11) is -22.1. The van der Waals surface area contributed by atoms with Gasteiger partial charge in [-0.1, -0.05) is 0 Å². The minimum absolute atomic E-state index is 0. The first kappa shape index (κ1) is 52.0. The van der Waals surface area contributed by atoms with Gasteiger partial charge in [-0.15, -0.1) is 0 Å². The van der Waals surface area contributed by atoms with E-state index in [1.165, 1.54) is 41.5 Å². The Balaban J connectivity index is 0.00000271. The molecule has 0 saturated carbocycles. The van der Waals surface area contributed by atoms with E-state index < -0.39 is 114 Å². The number of urea groups is 2. The molecule has 0 spiro atoms. The van der Waals surface area contributed by atoms with Crippen molar-refractivity contribution >= 4 is 53.7 Å². The number of rotatable bonds is 8. The Morgan fingerprint density at radius 1 is 0.429 bits per heavy atom. The predicted octanol–water partition coefficient (Wildman–Crippen LogP) is -12.1. The van der Waals surface area contributed by atoms with Crippen LogP contribution in [0.5, 0.6) is 23.0 Å². The number of carbonyl (C=O) groups excluding carboxylic acids is 2. The second-order valence-corrected chi connectivity index (χ2v) is 16.6. The van der Waals surface area contributed by atoms with E-state index in [2.05, 4.69) is 0 Å². The van der Waals surface area contributed by atoms with Crippen LogP contribution in [0.4, 0.5) is 9.59 Å². The van der Waals surface area contributed by atoms with Gasteiger partial charge < -0.3 is 34.9 Å². The summed E-state index contributed by atoms with van der Waals surface area (Å²) in [5.74, 6) is -2.55. The summed E-state index contributed by atoms with van der Waals surface area (Å²) in [6.07, 6.45) is 0. The first-order valence-electron chi connectivity index (χ1n) is 14.6. The maximum absolute atomic E-state index is 14.6. The van der Waals surface area contributed by atoms with Crippen molar-refractivity contribution in [3.05, 3.63) is 44.5 Å². The second kappa shape index (κ2) is 16.6. The van der Waals surface area contributed by atoms with Gasteiger partial charge in [-0.25, -0.2) is 43.3 Å². The molecule has 286 valence electrons. The van der Waals surface area contributed by atoms with Crippen LogP contribution in [0, 0.1) is 27.7 Å². The third-order valence-electron chi connectivity index (χ3n) is 10.2. The predicted molar refractivity (Wildman–Crippen MR) is 163 cm³/mol. The fraction of sp³-hybridized carbons (Fsp3) is 0.462. The van der Waals surface area contributed by atoms with Crippen LogP contribution >= 0.6 is 0 Å². The molecule has 0 radical (unpaired) electrons. The van der Waals surface area contributed by atoms with Crippen LogP contribution in [0.1, 0.15) is 58.4 Å². The van der Waals surface area contributed by atoms with Crippen molar-refractivity contribution in [3.8, 4) is 23.0 Å². The van der Waals surface area contributed by atoms with E-state index in [9.17, 15) is 61.5 Å². The average molecular weight is 903 g/mol. The molecular formula is C26H26N4Na4O18S4. The molecule has 2 aromatic carbocycles. The summed E-state index contributed by atoms with van der Waals surface area (Å²) in [5, 5.41) is 0. The van der Waals surface area contributed by atoms with Crippen molar-refractivity contribution < 1.29 is 196 Å². The minimum Gasteiger partial charge on any atom is -0.716 e.